The Balaban J connectivity index is 1.35. The van der Waals surface area contributed by atoms with Gasteiger partial charge in [0.1, 0.15) is 15.8 Å². The number of rotatable bonds is 6. The van der Waals surface area contributed by atoms with Gasteiger partial charge in [-0.1, -0.05) is 84.9 Å². The van der Waals surface area contributed by atoms with E-state index in [2.05, 4.69) is 5.32 Å². The van der Waals surface area contributed by atoms with Gasteiger partial charge in [0.2, 0.25) is 17.7 Å². The van der Waals surface area contributed by atoms with Crippen molar-refractivity contribution in [2.45, 2.75) is 29.1 Å². The van der Waals surface area contributed by atoms with Crippen molar-refractivity contribution in [2.24, 2.45) is 11.8 Å². The Morgan fingerprint density at radius 2 is 1.32 bits per heavy atom. The third-order valence-electron chi connectivity index (χ3n) is 9.18. The van der Waals surface area contributed by atoms with Crippen molar-refractivity contribution < 1.29 is 19.3 Å². The lowest BCUT2D eigenvalue weighted by Crippen LogP contribution is -2.57. The predicted molar refractivity (Wildman–Crippen MR) is 165 cm³/mol. The lowest BCUT2D eigenvalue weighted by molar-refractivity contribution is -0.385. The van der Waals surface area contributed by atoms with Crippen molar-refractivity contribution in [3.63, 3.8) is 0 Å². The van der Waals surface area contributed by atoms with Crippen LogP contribution in [0.2, 0.25) is 0 Å². The highest BCUT2D eigenvalue weighted by Gasteiger charge is 2.73. The maximum Gasteiger partial charge on any atom is 0.274 e. The molecule has 0 saturated carbocycles. The summed E-state index contributed by atoms with van der Waals surface area (Å²) in [5.41, 5.74) is 3.80. The second kappa shape index (κ2) is 10.0. The molecule has 3 atom stereocenters. The van der Waals surface area contributed by atoms with Gasteiger partial charge in [0, 0.05) is 23.7 Å². The van der Waals surface area contributed by atoms with Crippen molar-refractivity contribution in [1.29, 1.82) is 0 Å². The predicted octanol–water partition coefficient (Wildman–Crippen LogP) is 6.05. The van der Waals surface area contributed by atoms with Crippen LogP contribution < -0.4 is 5.32 Å². The number of aryl methyl sites for hydroxylation is 1. The smallest absolute Gasteiger partial charge is 0.274 e. The molecule has 0 radical (unpaired) electrons. The molecule has 0 spiro atoms. The fourth-order valence-corrected chi connectivity index (χ4v) is 8.34. The number of nitrogens with one attached hydrogen (secondary N) is 1. The molecule has 0 aromatic heterocycles. The van der Waals surface area contributed by atoms with Gasteiger partial charge in [-0.15, -0.1) is 23.2 Å². The Bertz CT molecular complexity index is 1770. The molecule has 1 saturated heterocycles. The number of hydrogen-bond acceptors (Lipinski definition) is 5. The Kier molecular flexibility index (Phi) is 6.43. The minimum absolute atomic E-state index is 0.0159. The van der Waals surface area contributed by atoms with E-state index >= 15 is 0 Å². The van der Waals surface area contributed by atoms with Crippen molar-refractivity contribution in [1.82, 2.24) is 4.90 Å². The number of nitro benzene ring substituents is 1. The minimum Gasteiger partial charge on any atom is -0.324 e. The topological polar surface area (TPSA) is 110 Å². The van der Waals surface area contributed by atoms with Crippen molar-refractivity contribution in [3.05, 3.63) is 141 Å². The number of anilines is 1. The molecule has 1 heterocycles. The number of benzene rings is 4. The monoisotopic (exact) mass is 625 g/mol. The van der Waals surface area contributed by atoms with E-state index in [0.717, 1.165) is 4.90 Å². The molecule has 44 heavy (non-hydrogen) atoms. The van der Waals surface area contributed by atoms with Crippen LogP contribution in [0.3, 0.4) is 0 Å². The number of carbonyl (C=O) groups is 3. The van der Waals surface area contributed by atoms with Crippen LogP contribution in [0.4, 0.5) is 11.4 Å². The molecule has 2 bridgehead atoms. The van der Waals surface area contributed by atoms with Crippen LogP contribution in [0.15, 0.2) is 97.1 Å². The van der Waals surface area contributed by atoms with E-state index in [1.807, 2.05) is 54.6 Å². The first-order valence-corrected chi connectivity index (χ1v) is 14.9. The normalized spacial score (nSPS) is 25.2. The summed E-state index contributed by atoms with van der Waals surface area (Å²) in [4.78, 5) is 52.5. The summed E-state index contributed by atoms with van der Waals surface area (Å²) in [5.74, 6) is -3.97. The molecule has 3 aliphatic carbocycles. The molecule has 4 aromatic rings. The number of halogens is 2. The molecule has 3 amide bonds. The summed E-state index contributed by atoms with van der Waals surface area (Å²) in [7, 11) is 0. The quantitative estimate of drug-likeness (QED) is 0.121. The number of imide groups is 1. The maximum absolute atomic E-state index is 14.6. The van der Waals surface area contributed by atoms with Crippen LogP contribution >= 0.6 is 23.2 Å². The molecule has 8 nitrogen and oxygen atoms in total. The van der Waals surface area contributed by atoms with Crippen LogP contribution in [-0.4, -0.2) is 33.6 Å². The van der Waals surface area contributed by atoms with Crippen molar-refractivity contribution >= 4 is 52.3 Å². The first-order chi connectivity index (χ1) is 21.1. The van der Waals surface area contributed by atoms with E-state index in [1.165, 1.54) is 12.1 Å². The van der Waals surface area contributed by atoms with E-state index < -0.39 is 50.3 Å². The van der Waals surface area contributed by atoms with Crippen LogP contribution in [0, 0.1) is 28.9 Å². The molecule has 8 rings (SSSR count). The van der Waals surface area contributed by atoms with Crippen LogP contribution in [0.25, 0.3) is 0 Å². The average molecular weight is 626 g/mol. The number of alkyl halides is 2. The molecule has 1 aliphatic heterocycles. The number of carbonyl (C=O) groups excluding carboxylic acids is 3. The highest BCUT2D eigenvalue weighted by Crippen LogP contribution is 2.69. The Morgan fingerprint density at radius 3 is 1.80 bits per heavy atom. The summed E-state index contributed by atoms with van der Waals surface area (Å²) in [6.07, 6.45) is 0.0159. The molecule has 1 N–H and O–H groups in total. The first-order valence-electron chi connectivity index (χ1n) is 14.1. The lowest BCUT2D eigenvalue weighted by atomic mass is 9.54. The highest BCUT2D eigenvalue weighted by atomic mass is 35.5. The van der Waals surface area contributed by atoms with E-state index in [1.54, 1.807) is 37.3 Å². The number of nitrogens with zero attached hydrogens (tertiary/aromatic N) is 2. The summed E-state index contributed by atoms with van der Waals surface area (Å²) in [6, 6.07) is 26.7. The van der Waals surface area contributed by atoms with Gasteiger partial charge < -0.3 is 5.32 Å². The van der Waals surface area contributed by atoms with Gasteiger partial charge >= 0.3 is 0 Å². The van der Waals surface area contributed by atoms with Gasteiger partial charge in [0.05, 0.1) is 16.8 Å². The third kappa shape index (κ3) is 3.80. The number of likely N-dealkylation sites (tertiary alicyclic amines) is 1. The molecule has 10 heteroatoms. The third-order valence-corrected chi connectivity index (χ3v) is 10.5. The largest absolute Gasteiger partial charge is 0.324 e. The Labute approximate surface area is 262 Å². The van der Waals surface area contributed by atoms with E-state index in [-0.39, 0.29) is 17.8 Å². The van der Waals surface area contributed by atoms with Gasteiger partial charge in [0.25, 0.3) is 5.69 Å². The second-order valence-electron chi connectivity index (χ2n) is 11.5. The Morgan fingerprint density at radius 1 is 0.841 bits per heavy atom. The summed E-state index contributed by atoms with van der Waals surface area (Å²) in [6.45, 7) is 1.60. The zero-order valence-electron chi connectivity index (χ0n) is 23.4. The lowest BCUT2D eigenvalue weighted by Gasteiger charge is -2.54. The van der Waals surface area contributed by atoms with Gasteiger partial charge in [-0.25, -0.2) is 0 Å². The fraction of sp³-hybridized carbons (Fsp3) is 0.206. The molecular weight excluding hydrogens is 601 g/mol. The fourth-order valence-electron chi connectivity index (χ4n) is 7.24. The van der Waals surface area contributed by atoms with Crippen LogP contribution in [-0.2, 0) is 30.6 Å². The zero-order chi connectivity index (χ0) is 31.0. The molecule has 1 fully saturated rings. The summed E-state index contributed by atoms with van der Waals surface area (Å²) >= 11 is 15.1. The minimum atomic E-state index is -1.39. The second-order valence-corrected chi connectivity index (χ2v) is 12.7. The van der Waals surface area contributed by atoms with Gasteiger partial charge in [-0.2, -0.15) is 0 Å². The number of hydrogen-bond donors (Lipinski definition) is 1. The molecule has 4 aromatic carbocycles. The SMILES string of the molecule is Cc1ccc(NC(=O)[C@H](Cc2ccccc2)N2C(=O)[C@H]3[C@H](C2=O)C2(Cl)c4ccccc4C3(Cl)c3ccccc32)cc1[N+](=O)[O-]. The standard InChI is InChI=1S/C34H25Cl2N3O5/c1-19-15-16-21(18-26(19)39(43)44)37-30(40)27(17-20-9-3-2-4-10-20)38-31(41)28-29(32(38)42)34(36)23-12-6-5-11-22(23)33(28,35)24-13-7-8-14-25(24)34/h2-16,18,27-29H,17H2,1H3,(H,37,40)/t27-,28+,29+,33?,34?/m0/s1. The average Bonchev–Trinajstić information content (AvgIpc) is 3.30. The van der Waals surface area contributed by atoms with Crippen molar-refractivity contribution in [2.75, 3.05) is 5.32 Å². The van der Waals surface area contributed by atoms with Crippen LogP contribution in [0.5, 0.6) is 0 Å². The maximum atomic E-state index is 14.6. The molecular formula is C34H25Cl2N3O5. The Hall–Kier alpha value is -4.53. The van der Waals surface area contributed by atoms with E-state index in [9.17, 15) is 24.5 Å². The highest BCUT2D eigenvalue weighted by molar-refractivity contribution is 6.36. The molecule has 4 aliphatic rings. The van der Waals surface area contributed by atoms with Crippen LogP contribution in [0.1, 0.15) is 33.4 Å². The zero-order valence-corrected chi connectivity index (χ0v) is 24.9. The number of amides is 3. The van der Waals surface area contributed by atoms with Crippen molar-refractivity contribution in [3.8, 4) is 0 Å². The number of nitro groups is 1. The summed E-state index contributed by atoms with van der Waals surface area (Å²) in [5, 5.41) is 14.3. The first kappa shape index (κ1) is 28.3. The molecule has 220 valence electrons. The van der Waals surface area contributed by atoms with Gasteiger partial charge in [-0.05, 0) is 40.8 Å². The van der Waals surface area contributed by atoms with E-state index in [0.29, 0.717) is 33.4 Å². The van der Waals surface area contributed by atoms with E-state index in [4.69, 9.17) is 23.2 Å². The summed E-state index contributed by atoms with van der Waals surface area (Å²) < 4.78 is 0. The van der Waals surface area contributed by atoms with Gasteiger partial charge in [0.15, 0.2) is 0 Å². The van der Waals surface area contributed by atoms with Gasteiger partial charge in [-0.3, -0.25) is 29.4 Å². The molecule has 0 unspecified atom stereocenters.